The summed E-state index contributed by atoms with van der Waals surface area (Å²) in [6.07, 6.45) is 0.997. The maximum Gasteiger partial charge on any atom is 0.416 e. The van der Waals surface area contributed by atoms with Crippen LogP contribution in [0, 0.1) is 0 Å². The Morgan fingerprint density at radius 2 is 2.05 bits per heavy atom. The number of alkyl halides is 3. The van der Waals surface area contributed by atoms with Crippen molar-refractivity contribution in [3.05, 3.63) is 29.3 Å². The summed E-state index contributed by atoms with van der Waals surface area (Å²) in [6, 6.07) is 4.94. The van der Waals surface area contributed by atoms with Gasteiger partial charge in [-0.15, -0.1) is 0 Å². The highest BCUT2D eigenvalue weighted by Gasteiger charge is 2.34. The molecule has 1 aromatic rings. The SMILES string of the molecule is CCCC1CCCCN1c1ccc(CN)c(C(F)(F)F)c1. The fourth-order valence-corrected chi connectivity index (χ4v) is 3.16. The molecule has 5 heteroatoms. The molecular formula is C16H23F3N2. The number of nitrogens with two attached hydrogens (primary N) is 1. The third-order valence-corrected chi connectivity index (χ3v) is 4.20. The second-order valence-corrected chi connectivity index (χ2v) is 5.68. The van der Waals surface area contributed by atoms with Crippen LogP contribution in [0.25, 0.3) is 0 Å². The number of anilines is 1. The van der Waals surface area contributed by atoms with Crippen molar-refractivity contribution in [2.24, 2.45) is 5.73 Å². The lowest BCUT2D eigenvalue weighted by Crippen LogP contribution is -2.39. The molecule has 2 N–H and O–H groups in total. The molecule has 0 radical (unpaired) electrons. The molecule has 2 nitrogen and oxygen atoms in total. The molecule has 1 aliphatic heterocycles. The van der Waals surface area contributed by atoms with E-state index in [0.717, 1.165) is 38.6 Å². The second-order valence-electron chi connectivity index (χ2n) is 5.68. The molecule has 2 rings (SSSR count). The van der Waals surface area contributed by atoms with Gasteiger partial charge < -0.3 is 10.6 Å². The summed E-state index contributed by atoms with van der Waals surface area (Å²) >= 11 is 0. The fourth-order valence-electron chi connectivity index (χ4n) is 3.16. The van der Waals surface area contributed by atoms with Crippen LogP contribution >= 0.6 is 0 Å². The van der Waals surface area contributed by atoms with E-state index >= 15 is 0 Å². The monoisotopic (exact) mass is 300 g/mol. The minimum absolute atomic E-state index is 0.0898. The third-order valence-electron chi connectivity index (χ3n) is 4.20. The molecule has 0 amide bonds. The molecule has 1 aromatic carbocycles. The zero-order valence-corrected chi connectivity index (χ0v) is 12.4. The number of rotatable bonds is 4. The Hall–Kier alpha value is -1.23. The molecule has 1 saturated heterocycles. The van der Waals surface area contributed by atoms with Gasteiger partial charge in [0.1, 0.15) is 0 Å². The Bertz CT molecular complexity index is 469. The largest absolute Gasteiger partial charge is 0.416 e. The Morgan fingerprint density at radius 1 is 1.29 bits per heavy atom. The Morgan fingerprint density at radius 3 is 2.67 bits per heavy atom. The average molecular weight is 300 g/mol. The van der Waals surface area contributed by atoms with Gasteiger partial charge in [-0.25, -0.2) is 0 Å². The van der Waals surface area contributed by atoms with Crippen LogP contribution in [0.5, 0.6) is 0 Å². The molecule has 1 atom stereocenters. The van der Waals surface area contributed by atoms with Crippen molar-refractivity contribution in [1.29, 1.82) is 0 Å². The maximum atomic E-state index is 13.2. The highest BCUT2D eigenvalue weighted by atomic mass is 19.4. The van der Waals surface area contributed by atoms with Gasteiger partial charge in [0, 0.05) is 24.8 Å². The van der Waals surface area contributed by atoms with Gasteiger partial charge in [0.25, 0.3) is 0 Å². The van der Waals surface area contributed by atoms with Crippen LogP contribution in [0.2, 0.25) is 0 Å². The third kappa shape index (κ3) is 3.70. The van der Waals surface area contributed by atoms with E-state index < -0.39 is 11.7 Å². The predicted octanol–water partition coefficient (Wildman–Crippen LogP) is 4.32. The number of hydrogen-bond donors (Lipinski definition) is 1. The van der Waals surface area contributed by atoms with Gasteiger partial charge >= 0.3 is 6.18 Å². The van der Waals surface area contributed by atoms with Crippen LogP contribution in [0.4, 0.5) is 18.9 Å². The lowest BCUT2D eigenvalue weighted by molar-refractivity contribution is -0.138. The lowest BCUT2D eigenvalue weighted by Gasteiger charge is -2.38. The zero-order valence-electron chi connectivity index (χ0n) is 12.4. The second kappa shape index (κ2) is 6.69. The van der Waals surface area contributed by atoms with Crippen molar-refractivity contribution in [2.45, 2.75) is 57.8 Å². The summed E-state index contributed by atoms with van der Waals surface area (Å²) in [4.78, 5) is 2.14. The summed E-state index contributed by atoms with van der Waals surface area (Å²) in [6.45, 7) is 2.86. The smallest absolute Gasteiger partial charge is 0.369 e. The minimum Gasteiger partial charge on any atom is -0.369 e. The van der Waals surface area contributed by atoms with Gasteiger partial charge in [-0.2, -0.15) is 13.2 Å². The summed E-state index contributed by atoms with van der Waals surface area (Å²) in [5.74, 6) is 0. The van der Waals surface area contributed by atoms with Crippen LogP contribution in [0.15, 0.2) is 18.2 Å². The quantitative estimate of drug-likeness (QED) is 0.897. The number of benzene rings is 1. The standard InChI is InChI=1S/C16H23F3N2/c1-2-5-13-6-3-4-9-21(13)14-8-7-12(11-20)15(10-14)16(17,18)19/h7-8,10,13H,2-6,9,11,20H2,1H3. The average Bonchev–Trinajstić information content (AvgIpc) is 2.46. The first kappa shape index (κ1) is 16.1. The predicted molar refractivity (Wildman–Crippen MR) is 79.2 cm³/mol. The van der Waals surface area contributed by atoms with Gasteiger partial charge in [0.2, 0.25) is 0 Å². The van der Waals surface area contributed by atoms with Crippen molar-refractivity contribution in [3.8, 4) is 0 Å². The Balaban J connectivity index is 2.34. The van der Waals surface area contributed by atoms with Crippen LogP contribution in [-0.4, -0.2) is 12.6 Å². The maximum absolute atomic E-state index is 13.2. The fraction of sp³-hybridized carbons (Fsp3) is 0.625. The van der Waals surface area contributed by atoms with Crippen LogP contribution in [0.3, 0.4) is 0 Å². The van der Waals surface area contributed by atoms with Crippen molar-refractivity contribution < 1.29 is 13.2 Å². The van der Waals surface area contributed by atoms with Crippen LogP contribution in [-0.2, 0) is 12.7 Å². The molecule has 21 heavy (non-hydrogen) atoms. The molecule has 0 aliphatic carbocycles. The van der Waals surface area contributed by atoms with E-state index in [1.807, 2.05) is 0 Å². The topological polar surface area (TPSA) is 29.3 Å². The molecule has 118 valence electrons. The van der Waals surface area contributed by atoms with Crippen molar-refractivity contribution >= 4 is 5.69 Å². The minimum atomic E-state index is -4.35. The van der Waals surface area contributed by atoms with E-state index in [1.165, 1.54) is 12.1 Å². The molecule has 1 heterocycles. The normalized spacial score (nSPS) is 19.9. The van der Waals surface area contributed by atoms with Crippen molar-refractivity contribution in [2.75, 3.05) is 11.4 Å². The van der Waals surface area contributed by atoms with Gasteiger partial charge in [0.05, 0.1) is 5.56 Å². The first-order valence-corrected chi connectivity index (χ1v) is 7.64. The molecule has 0 spiro atoms. The molecule has 1 aliphatic rings. The van der Waals surface area contributed by atoms with Gasteiger partial charge in [-0.3, -0.25) is 0 Å². The number of halogens is 3. The first-order chi connectivity index (χ1) is 9.97. The summed E-state index contributed by atoms with van der Waals surface area (Å²) in [7, 11) is 0. The van der Waals surface area contributed by atoms with Gasteiger partial charge in [-0.1, -0.05) is 19.4 Å². The Kier molecular flexibility index (Phi) is 5.14. The molecule has 0 aromatic heterocycles. The number of piperidine rings is 1. The van der Waals surface area contributed by atoms with Crippen molar-refractivity contribution in [3.63, 3.8) is 0 Å². The van der Waals surface area contributed by atoms with E-state index in [4.69, 9.17) is 5.73 Å². The summed E-state index contributed by atoms with van der Waals surface area (Å²) in [5.41, 5.74) is 5.68. The Labute approximate surface area is 124 Å². The summed E-state index contributed by atoms with van der Waals surface area (Å²) < 4.78 is 39.5. The van der Waals surface area contributed by atoms with E-state index in [-0.39, 0.29) is 12.1 Å². The van der Waals surface area contributed by atoms with Crippen LogP contribution < -0.4 is 10.6 Å². The van der Waals surface area contributed by atoms with E-state index in [1.54, 1.807) is 6.07 Å². The molecule has 0 saturated carbocycles. The highest BCUT2D eigenvalue weighted by molar-refractivity contribution is 5.53. The van der Waals surface area contributed by atoms with Gasteiger partial charge in [-0.05, 0) is 43.4 Å². The molecule has 1 unspecified atom stereocenters. The van der Waals surface area contributed by atoms with E-state index in [9.17, 15) is 13.2 Å². The van der Waals surface area contributed by atoms with E-state index in [2.05, 4.69) is 11.8 Å². The van der Waals surface area contributed by atoms with E-state index in [0.29, 0.717) is 11.7 Å². The molecule has 0 bridgehead atoms. The zero-order chi connectivity index (χ0) is 15.5. The number of hydrogen-bond acceptors (Lipinski definition) is 2. The summed E-state index contributed by atoms with van der Waals surface area (Å²) in [5, 5.41) is 0. The molecular weight excluding hydrogens is 277 g/mol. The van der Waals surface area contributed by atoms with Crippen molar-refractivity contribution in [1.82, 2.24) is 0 Å². The lowest BCUT2D eigenvalue weighted by atomic mass is 9.96. The first-order valence-electron chi connectivity index (χ1n) is 7.64. The molecule has 1 fully saturated rings. The number of nitrogens with zero attached hydrogens (tertiary/aromatic N) is 1. The highest BCUT2D eigenvalue weighted by Crippen LogP contribution is 2.36. The van der Waals surface area contributed by atoms with Crippen LogP contribution in [0.1, 0.15) is 50.2 Å². The van der Waals surface area contributed by atoms with Gasteiger partial charge in [0.15, 0.2) is 0 Å².